The van der Waals surface area contributed by atoms with Gasteiger partial charge in [0.15, 0.2) is 0 Å². The molecule has 0 bridgehead atoms. The largest absolute Gasteiger partial charge is 0.377 e. The molecular weight excluding hydrogens is 200 g/mol. The number of hydrogen-bond donors (Lipinski definition) is 1. The SMILES string of the molecule is CC(C)(C#N)CCOC1CCCCCC1N. The van der Waals surface area contributed by atoms with Gasteiger partial charge >= 0.3 is 0 Å². The monoisotopic (exact) mass is 224 g/mol. The van der Waals surface area contributed by atoms with E-state index in [1.165, 1.54) is 19.3 Å². The van der Waals surface area contributed by atoms with Crippen LogP contribution in [0.15, 0.2) is 0 Å². The summed E-state index contributed by atoms with van der Waals surface area (Å²) in [5.74, 6) is 0. The Balaban J connectivity index is 2.28. The van der Waals surface area contributed by atoms with Crippen molar-refractivity contribution in [3.63, 3.8) is 0 Å². The molecule has 0 amide bonds. The van der Waals surface area contributed by atoms with Crippen LogP contribution in [-0.4, -0.2) is 18.8 Å². The maximum Gasteiger partial charge on any atom is 0.0725 e. The van der Waals surface area contributed by atoms with Crippen molar-refractivity contribution in [1.29, 1.82) is 5.26 Å². The van der Waals surface area contributed by atoms with E-state index in [1.54, 1.807) is 0 Å². The van der Waals surface area contributed by atoms with E-state index in [2.05, 4.69) is 6.07 Å². The Morgan fingerprint density at radius 3 is 2.69 bits per heavy atom. The minimum atomic E-state index is -0.283. The van der Waals surface area contributed by atoms with Crippen molar-refractivity contribution >= 4 is 0 Å². The first-order chi connectivity index (χ1) is 7.55. The number of rotatable bonds is 4. The third kappa shape index (κ3) is 4.51. The Labute approximate surface area is 99.0 Å². The van der Waals surface area contributed by atoms with Gasteiger partial charge in [0.1, 0.15) is 0 Å². The number of nitrogens with two attached hydrogens (primary N) is 1. The fourth-order valence-corrected chi connectivity index (χ4v) is 2.03. The molecule has 1 rings (SSSR count). The third-order valence-electron chi connectivity index (χ3n) is 3.37. The first kappa shape index (κ1) is 13.5. The minimum Gasteiger partial charge on any atom is -0.377 e. The Bertz CT molecular complexity index is 245. The van der Waals surface area contributed by atoms with E-state index in [1.807, 2.05) is 13.8 Å². The van der Waals surface area contributed by atoms with Crippen LogP contribution in [0.4, 0.5) is 0 Å². The number of nitrogens with zero attached hydrogens (tertiary/aromatic N) is 1. The molecule has 1 aliphatic carbocycles. The van der Waals surface area contributed by atoms with Gasteiger partial charge in [0.2, 0.25) is 0 Å². The van der Waals surface area contributed by atoms with Crippen molar-refractivity contribution in [2.75, 3.05) is 6.61 Å². The average molecular weight is 224 g/mol. The summed E-state index contributed by atoms with van der Waals surface area (Å²) in [6.45, 7) is 4.55. The van der Waals surface area contributed by atoms with Crippen LogP contribution in [0.5, 0.6) is 0 Å². The van der Waals surface area contributed by atoms with E-state index in [9.17, 15) is 0 Å². The Morgan fingerprint density at radius 2 is 2.00 bits per heavy atom. The number of nitriles is 1. The topological polar surface area (TPSA) is 59.0 Å². The first-order valence-corrected chi connectivity index (χ1v) is 6.33. The fourth-order valence-electron chi connectivity index (χ4n) is 2.03. The standard InChI is InChI=1S/C13H24N2O/c1-13(2,10-14)8-9-16-12-7-5-3-4-6-11(12)15/h11-12H,3-9,15H2,1-2H3. The molecule has 1 saturated carbocycles. The van der Waals surface area contributed by atoms with Crippen LogP contribution in [-0.2, 0) is 4.74 Å². The first-order valence-electron chi connectivity index (χ1n) is 6.33. The second kappa shape index (κ2) is 6.22. The normalized spacial score (nSPS) is 27.1. The molecule has 1 aliphatic rings. The number of ether oxygens (including phenoxy) is 1. The van der Waals surface area contributed by atoms with Crippen LogP contribution in [0.25, 0.3) is 0 Å². The fraction of sp³-hybridized carbons (Fsp3) is 0.923. The summed E-state index contributed by atoms with van der Waals surface area (Å²) in [5, 5.41) is 8.90. The second-order valence-electron chi connectivity index (χ2n) is 5.46. The van der Waals surface area contributed by atoms with Crippen LogP contribution in [0, 0.1) is 16.7 Å². The maximum atomic E-state index is 8.90. The van der Waals surface area contributed by atoms with Crippen molar-refractivity contribution in [3.8, 4) is 6.07 Å². The average Bonchev–Trinajstić information content (AvgIpc) is 2.44. The molecule has 2 N–H and O–H groups in total. The molecule has 3 heteroatoms. The quantitative estimate of drug-likeness (QED) is 0.747. The lowest BCUT2D eigenvalue weighted by molar-refractivity contribution is 0.0213. The van der Waals surface area contributed by atoms with Gasteiger partial charge in [-0.25, -0.2) is 0 Å². The molecule has 0 aromatic heterocycles. The van der Waals surface area contributed by atoms with Crippen molar-refractivity contribution in [3.05, 3.63) is 0 Å². The summed E-state index contributed by atoms with van der Waals surface area (Å²) in [7, 11) is 0. The van der Waals surface area contributed by atoms with Crippen LogP contribution >= 0.6 is 0 Å². The molecule has 0 heterocycles. The summed E-state index contributed by atoms with van der Waals surface area (Å²) < 4.78 is 5.84. The highest BCUT2D eigenvalue weighted by atomic mass is 16.5. The smallest absolute Gasteiger partial charge is 0.0725 e. The zero-order valence-electron chi connectivity index (χ0n) is 10.5. The predicted octanol–water partition coefficient (Wildman–Crippen LogP) is 2.60. The van der Waals surface area contributed by atoms with Gasteiger partial charge in [0.05, 0.1) is 17.6 Å². The van der Waals surface area contributed by atoms with Gasteiger partial charge in [-0.15, -0.1) is 0 Å². The zero-order valence-corrected chi connectivity index (χ0v) is 10.5. The van der Waals surface area contributed by atoms with E-state index < -0.39 is 0 Å². The molecule has 2 atom stereocenters. The van der Waals surface area contributed by atoms with Gasteiger partial charge in [0, 0.05) is 12.6 Å². The van der Waals surface area contributed by atoms with Gasteiger partial charge < -0.3 is 10.5 Å². The summed E-state index contributed by atoms with van der Waals surface area (Å²) in [5.41, 5.74) is 5.79. The lowest BCUT2D eigenvalue weighted by atomic mass is 9.92. The summed E-state index contributed by atoms with van der Waals surface area (Å²) in [6.07, 6.45) is 6.87. The Morgan fingerprint density at radius 1 is 1.31 bits per heavy atom. The lowest BCUT2D eigenvalue weighted by Gasteiger charge is -2.23. The molecule has 2 unspecified atom stereocenters. The van der Waals surface area contributed by atoms with Gasteiger partial charge in [0.25, 0.3) is 0 Å². The molecule has 0 aromatic carbocycles. The van der Waals surface area contributed by atoms with E-state index in [0.717, 1.165) is 19.3 Å². The zero-order chi connectivity index (χ0) is 12.0. The molecule has 3 nitrogen and oxygen atoms in total. The highest BCUT2D eigenvalue weighted by Gasteiger charge is 2.22. The molecule has 0 aliphatic heterocycles. The second-order valence-corrected chi connectivity index (χ2v) is 5.46. The van der Waals surface area contributed by atoms with Crippen molar-refractivity contribution in [1.82, 2.24) is 0 Å². The molecule has 0 spiro atoms. The molecule has 0 radical (unpaired) electrons. The van der Waals surface area contributed by atoms with Gasteiger partial charge in [-0.3, -0.25) is 0 Å². The molecule has 1 fully saturated rings. The highest BCUT2D eigenvalue weighted by molar-refractivity contribution is 4.91. The Kier molecular flexibility index (Phi) is 5.24. The van der Waals surface area contributed by atoms with Crippen LogP contribution in [0.2, 0.25) is 0 Å². The Hall–Kier alpha value is -0.590. The van der Waals surface area contributed by atoms with Gasteiger partial charge in [-0.1, -0.05) is 19.3 Å². The molecule has 0 saturated heterocycles. The van der Waals surface area contributed by atoms with Gasteiger partial charge in [-0.05, 0) is 33.1 Å². The number of hydrogen-bond acceptors (Lipinski definition) is 3. The maximum absolute atomic E-state index is 8.90. The summed E-state index contributed by atoms with van der Waals surface area (Å²) >= 11 is 0. The summed E-state index contributed by atoms with van der Waals surface area (Å²) in [4.78, 5) is 0. The van der Waals surface area contributed by atoms with Gasteiger partial charge in [-0.2, -0.15) is 5.26 Å². The third-order valence-corrected chi connectivity index (χ3v) is 3.37. The minimum absolute atomic E-state index is 0.188. The lowest BCUT2D eigenvalue weighted by Crippen LogP contribution is -2.36. The molecular formula is C13H24N2O. The molecule has 16 heavy (non-hydrogen) atoms. The predicted molar refractivity (Wildman–Crippen MR) is 64.8 cm³/mol. The van der Waals surface area contributed by atoms with E-state index in [4.69, 9.17) is 15.7 Å². The highest BCUT2D eigenvalue weighted by Crippen LogP contribution is 2.22. The van der Waals surface area contributed by atoms with Crippen LogP contribution in [0.3, 0.4) is 0 Å². The van der Waals surface area contributed by atoms with Crippen LogP contribution < -0.4 is 5.73 Å². The van der Waals surface area contributed by atoms with E-state index in [0.29, 0.717) is 6.61 Å². The molecule has 0 aromatic rings. The van der Waals surface area contributed by atoms with E-state index >= 15 is 0 Å². The summed E-state index contributed by atoms with van der Waals surface area (Å²) in [6, 6.07) is 2.48. The van der Waals surface area contributed by atoms with E-state index in [-0.39, 0.29) is 17.6 Å². The van der Waals surface area contributed by atoms with Crippen molar-refractivity contribution in [2.24, 2.45) is 11.1 Å². The van der Waals surface area contributed by atoms with Crippen LogP contribution in [0.1, 0.15) is 52.4 Å². The van der Waals surface area contributed by atoms with Crippen molar-refractivity contribution in [2.45, 2.75) is 64.5 Å². The van der Waals surface area contributed by atoms with Crippen molar-refractivity contribution < 1.29 is 4.74 Å². The molecule has 92 valence electrons.